The number of rotatable bonds is 3. The average molecular weight is 193 g/mol. The number of aliphatic hydroxyl groups excluding tert-OH is 1. The van der Waals surface area contributed by atoms with E-state index >= 15 is 0 Å². The number of hydrogen-bond donors (Lipinski definition) is 1. The van der Waals surface area contributed by atoms with Crippen LogP contribution in [0, 0.1) is 23.2 Å². The van der Waals surface area contributed by atoms with E-state index < -0.39 is 0 Å². The first-order valence-electron chi connectivity index (χ1n) is 5.50. The smallest absolute Gasteiger partial charge is 0.0908 e. The molecule has 0 unspecified atom stereocenters. The highest BCUT2D eigenvalue weighted by Gasteiger charge is 2.24. The lowest BCUT2D eigenvalue weighted by Crippen LogP contribution is -2.28. The summed E-state index contributed by atoms with van der Waals surface area (Å²) < 4.78 is 0. The highest BCUT2D eigenvalue weighted by atomic mass is 16.3. The molecule has 1 fully saturated rings. The van der Waals surface area contributed by atoms with Gasteiger partial charge in [-0.15, -0.1) is 0 Å². The van der Waals surface area contributed by atoms with E-state index in [-0.39, 0.29) is 12.0 Å². The van der Waals surface area contributed by atoms with Crippen LogP contribution in [0.2, 0.25) is 0 Å². The Hall–Kier alpha value is -0.810. The molecule has 1 aliphatic rings. The van der Waals surface area contributed by atoms with Crippen LogP contribution in [-0.4, -0.2) is 11.2 Å². The van der Waals surface area contributed by atoms with Crippen LogP contribution in [0.3, 0.4) is 0 Å². The normalized spacial score (nSPS) is 23.2. The van der Waals surface area contributed by atoms with Gasteiger partial charge in [0.2, 0.25) is 0 Å². The van der Waals surface area contributed by atoms with Gasteiger partial charge in [-0.25, -0.2) is 0 Å². The van der Waals surface area contributed by atoms with Gasteiger partial charge in [0.05, 0.1) is 12.2 Å². The topological polar surface area (TPSA) is 44.0 Å². The molecule has 1 saturated carbocycles. The van der Waals surface area contributed by atoms with Crippen LogP contribution in [0.4, 0.5) is 0 Å². The van der Waals surface area contributed by atoms with Crippen LogP contribution in [-0.2, 0) is 0 Å². The van der Waals surface area contributed by atoms with Gasteiger partial charge in [0, 0.05) is 12.0 Å². The molecule has 0 aromatic carbocycles. The number of hydrogen-bond acceptors (Lipinski definition) is 2. The largest absolute Gasteiger partial charge is 0.392 e. The van der Waals surface area contributed by atoms with Crippen LogP contribution in [0.5, 0.6) is 0 Å². The zero-order valence-corrected chi connectivity index (χ0v) is 8.82. The molecule has 1 aliphatic carbocycles. The molecule has 0 aliphatic heterocycles. The first-order chi connectivity index (χ1) is 6.75. The van der Waals surface area contributed by atoms with Crippen LogP contribution >= 0.6 is 0 Å². The van der Waals surface area contributed by atoms with Gasteiger partial charge in [-0.1, -0.05) is 32.3 Å². The quantitative estimate of drug-likeness (QED) is 0.700. The molecular formula is C12H19NO. The van der Waals surface area contributed by atoms with Crippen molar-refractivity contribution in [1.29, 1.82) is 5.26 Å². The summed E-state index contributed by atoms with van der Waals surface area (Å²) in [5.74, 6) is 0.555. The third-order valence-electron chi connectivity index (χ3n) is 3.15. The van der Waals surface area contributed by atoms with Crippen molar-refractivity contribution >= 4 is 0 Å². The summed E-state index contributed by atoms with van der Waals surface area (Å²) in [6, 6.07) is 1.96. The molecular weight excluding hydrogens is 174 g/mol. The molecule has 0 heterocycles. The molecule has 0 spiro atoms. The molecule has 0 aromatic heterocycles. The lowest BCUT2D eigenvalue weighted by molar-refractivity contribution is 0.0557. The fourth-order valence-electron chi connectivity index (χ4n) is 2.21. The number of aliphatic hydroxyl groups is 1. The minimum atomic E-state index is -0.264. The van der Waals surface area contributed by atoms with Gasteiger partial charge < -0.3 is 5.11 Å². The maximum atomic E-state index is 10.0. The van der Waals surface area contributed by atoms with Crippen LogP contribution in [0.25, 0.3) is 0 Å². The van der Waals surface area contributed by atoms with E-state index in [1.165, 1.54) is 25.3 Å². The minimum Gasteiger partial charge on any atom is -0.392 e. The summed E-state index contributed by atoms with van der Waals surface area (Å²) in [5.41, 5.74) is 0. The summed E-state index contributed by atoms with van der Waals surface area (Å²) in [4.78, 5) is 0. The highest BCUT2D eigenvalue weighted by Crippen LogP contribution is 2.29. The summed E-state index contributed by atoms with van der Waals surface area (Å²) in [7, 11) is 0. The summed E-state index contributed by atoms with van der Waals surface area (Å²) in [6.07, 6.45) is 9.10. The molecule has 0 aromatic rings. The Kier molecular flexibility index (Phi) is 4.69. The molecule has 2 nitrogen and oxygen atoms in total. The van der Waals surface area contributed by atoms with Crippen molar-refractivity contribution in [3.05, 3.63) is 12.2 Å². The Balaban J connectivity index is 2.42. The standard InChI is InChI=1S/C12H19NO/c1-10(6-5-9-13)12(14)11-7-3-2-4-8-11/h5-6,10-12,14H,2-4,7-8H2,1H3/b6-5-/t10-,12-/m0/s1. The first-order valence-corrected chi connectivity index (χ1v) is 5.50. The molecule has 2 atom stereocenters. The third kappa shape index (κ3) is 3.16. The fourth-order valence-corrected chi connectivity index (χ4v) is 2.21. The fraction of sp³-hybridized carbons (Fsp3) is 0.750. The van der Waals surface area contributed by atoms with E-state index in [1.807, 2.05) is 13.0 Å². The second-order valence-electron chi connectivity index (χ2n) is 4.24. The van der Waals surface area contributed by atoms with Crippen molar-refractivity contribution in [2.45, 2.75) is 45.1 Å². The second-order valence-corrected chi connectivity index (χ2v) is 4.24. The number of allylic oxidation sites excluding steroid dienone is 1. The lowest BCUT2D eigenvalue weighted by Gasteiger charge is -2.29. The molecule has 0 amide bonds. The molecule has 14 heavy (non-hydrogen) atoms. The highest BCUT2D eigenvalue weighted by molar-refractivity contribution is 5.04. The number of nitrogens with zero attached hydrogens (tertiary/aromatic N) is 1. The molecule has 0 saturated heterocycles. The van der Waals surface area contributed by atoms with E-state index in [0.717, 1.165) is 12.8 Å². The van der Waals surface area contributed by atoms with E-state index in [9.17, 15) is 5.11 Å². The molecule has 0 bridgehead atoms. The predicted molar refractivity (Wildman–Crippen MR) is 56.5 cm³/mol. The Morgan fingerprint density at radius 1 is 1.36 bits per heavy atom. The SMILES string of the molecule is C[C@@H](/C=C\C#N)[C@H](O)C1CCCCC1. The van der Waals surface area contributed by atoms with Crippen LogP contribution < -0.4 is 0 Å². The minimum absolute atomic E-state index is 0.109. The van der Waals surface area contributed by atoms with Gasteiger partial charge in [-0.3, -0.25) is 0 Å². The van der Waals surface area contributed by atoms with E-state index in [2.05, 4.69) is 0 Å². The Labute approximate surface area is 86.2 Å². The van der Waals surface area contributed by atoms with Crippen molar-refractivity contribution < 1.29 is 5.11 Å². The summed E-state index contributed by atoms with van der Waals surface area (Å²) >= 11 is 0. The van der Waals surface area contributed by atoms with Gasteiger partial charge in [0.15, 0.2) is 0 Å². The monoisotopic (exact) mass is 193 g/mol. The summed E-state index contributed by atoms with van der Waals surface area (Å²) in [6.45, 7) is 1.98. The Morgan fingerprint density at radius 3 is 2.57 bits per heavy atom. The van der Waals surface area contributed by atoms with Crippen molar-refractivity contribution in [1.82, 2.24) is 0 Å². The summed E-state index contributed by atoms with van der Waals surface area (Å²) in [5, 5.41) is 18.4. The van der Waals surface area contributed by atoms with Gasteiger partial charge in [0.1, 0.15) is 0 Å². The van der Waals surface area contributed by atoms with Crippen molar-refractivity contribution in [2.75, 3.05) is 0 Å². The second kappa shape index (κ2) is 5.82. The Bertz CT molecular complexity index is 223. The predicted octanol–water partition coefficient (Wildman–Crippen LogP) is 2.64. The van der Waals surface area contributed by atoms with Crippen molar-refractivity contribution in [3.8, 4) is 6.07 Å². The number of nitriles is 1. The van der Waals surface area contributed by atoms with Crippen molar-refractivity contribution in [3.63, 3.8) is 0 Å². The van der Waals surface area contributed by atoms with E-state index in [4.69, 9.17) is 5.26 Å². The van der Waals surface area contributed by atoms with Gasteiger partial charge in [0.25, 0.3) is 0 Å². The van der Waals surface area contributed by atoms with Gasteiger partial charge in [-0.05, 0) is 18.8 Å². The molecule has 0 radical (unpaired) electrons. The Morgan fingerprint density at radius 2 is 2.00 bits per heavy atom. The third-order valence-corrected chi connectivity index (χ3v) is 3.15. The van der Waals surface area contributed by atoms with E-state index in [1.54, 1.807) is 6.08 Å². The first kappa shape index (κ1) is 11.3. The molecule has 78 valence electrons. The maximum absolute atomic E-state index is 10.0. The lowest BCUT2D eigenvalue weighted by atomic mass is 9.81. The molecule has 1 rings (SSSR count). The van der Waals surface area contributed by atoms with Crippen molar-refractivity contribution in [2.24, 2.45) is 11.8 Å². The molecule has 2 heteroatoms. The zero-order valence-electron chi connectivity index (χ0n) is 8.82. The maximum Gasteiger partial charge on any atom is 0.0908 e. The average Bonchev–Trinajstić information content (AvgIpc) is 2.26. The van der Waals surface area contributed by atoms with Gasteiger partial charge >= 0.3 is 0 Å². The molecule has 1 N–H and O–H groups in total. The van der Waals surface area contributed by atoms with Gasteiger partial charge in [-0.2, -0.15) is 5.26 Å². The zero-order chi connectivity index (χ0) is 10.4. The van der Waals surface area contributed by atoms with Crippen LogP contribution in [0.15, 0.2) is 12.2 Å². The van der Waals surface area contributed by atoms with Crippen LogP contribution in [0.1, 0.15) is 39.0 Å². The van der Waals surface area contributed by atoms with E-state index in [0.29, 0.717) is 5.92 Å².